The lowest BCUT2D eigenvalue weighted by Gasteiger charge is -2.49. The van der Waals surface area contributed by atoms with Crippen molar-refractivity contribution in [3.8, 4) is 5.75 Å². The number of halogens is 1. The van der Waals surface area contributed by atoms with E-state index in [-0.39, 0.29) is 36.0 Å². The van der Waals surface area contributed by atoms with Crippen molar-refractivity contribution in [1.29, 1.82) is 0 Å². The lowest BCUT2D eigenvalue weighted by atomic mass is 9.89. The zero-order valence-electron chi connectivity index (χ0n) is 26.4. The highest BCUT2D eigenvalue weighted by atomic mass is 35.5. The number of ether oxygens (including phenoxy) is 3. The SMILES string of the molecule is COc1ccc(COC(=O)C2=C(C=CCCl)CSC3[C@H](CC(=O)/C(=N\O[C@@H](C)C(=O)OC(C)(C)C)c4csc(C)n4)C(=O)N23)cc1. The molecule has 1 saturated heterocycles. The molecule has 2 aromatic rings. The molecule has 0 N–H and O–H groups in total. The van der Waals surface area contributed by atoms with Gasteiger partial charge in [0.25, 0.3) is 0 Å². The van der Waals surface area contributed by atoms with Gasteiger partial charge in [-0.05, 0) is 57.9 Å². The van der Waals surface area contributed by atoms with E-state index >= 15 is 0 Å². The molecule has 246 valence electrons. The number of carbonyl (C=O) groups excluding carboxylic acids is 4. The molecule has 2 aliphatic heterocycles. The van der Waals surface area contributed by atoms with Gasteiger partial charge in [-0.3, -0.25) is 14.5 Å². The molecule has 3 heterocycles. The van der Waals surface area contributed by atoms with E-state index in [4.69, 9.17) is 30.6 Å². The smallest absolute Gasteiger partial charge is 0.355 e. The van der Waals surface area contributed by atoms with E-state index in [0.717, 1.165) is 5.56 Å². The van der Waals surface area contributed by atoms with Gasteiger partial charge in [-0.25, -0.2) is 14.6 Å². The molecular weight excluding hydrogens is 654 g/mol. The molecule has 1 fully saturated rings. The minimum atomic E-state index is -1.09. The van der Waals surface area contributed by atoms with E-state index in [1.54, 1.807) is 76.6 Å². The number of allylic oxidation sites excluding steroid dienone is 2. The number of esters is 2. The maximum Gasteiger partial charge on any atom is 0.355 e. The molecule has 0 radical (unpaired) electrons. The van der Waals surface area contributed by atoms with Crippen LogP contribution in [0.3, 0.4) is 0 Å². The number of thioether (sulfide) groups is 1. The molecule has 0 saturated carbocycles. The Morgan fingerprint density at radius 3 is 2.54 bits per heavy atom. The minimum absolute atomic E-state index is 0.00478. The third-order valence-corrected chi connectivity index (χ3v) is 9.12. The van der Waals surface area contributed by atoms with E-state index in [0.29, 0.717) is 22.1 Å². The zero-order valence-corrected chi connectivity index (χ0v) is 28.8. The third-order valence-electron chi connectivity index (χ3n) is 6.81. The fraction of sp³-hybridized carbons (Fsp3) is 0.438. The zero-order chi connectivity index (χ0) is 33.6. The summed E-state index contributed by atoms with van der Waals surface area (Å²) >= 11 is 8.62. The van der Waals surface area contributed by atoms with Crippen LogP contribution in [0.5, 0.6) is 5.75 Å². The number of oxime groups is 1. The number of alkyl halides is 1. The summed E-state index contributed by atoms with van der Waals surface area (Å²) in [6.45, 7) is 8.44. The number of thiazole rings is 1. The number of ketones is 1. The first-order chi connectivity index (χ1) is 21.8. The number of Topliss-reactive ketones (excluding diaryl/α,β-unsaturated/α-hetero) is 1. The summed E-state index contributed by atoms with van der Waals surface area (Å²) in [6, 6.07) is 7.09. The van der Waals surface area contributed by atoms with Gasteiger partial charge in [-0.2, -0.15) is 0 Å². The molecule has 4 rings (SSSR count). The molecule has 1 unspecified atom stereocenters. The van der Waals surface area contributed by atoms with Crippen molar-refractivity contribution in [2.45, 2.75) is 64.7 Å². The van der Waals surface area contributed by atoms with Gasteiger partial charge in [0.05, 0.1) is 23.4 Å². The van der Waals surface area contributed by atoms with Crippen LogP contribution >= 0.6 is 34.7 Å². The van der Waals surface area contributed by atoms with E-state index in [1.165, 1.54) is 34.9 Å². The Kier molecular flexibility index (Phi) is 11.7. The molecule has 0 bridgehead atoms. The number of β-lactam (4-membered cyclic amide) rings is 1. The van der Waals surface area contributed by atoms with Crippen LogP contribution < -0.4 is 4.74 Å². The number of hydrogen-bond donors (Lipinski definition) is 0. The Labute approximate surface area is 280 Å². The number of aromatic nitrogens is 1. The molecule has 14 heteroatoms. The van der Waals surface area contributed by atoms with Crippen molar-refractivity contribution >= 4 is 64.0 Å². The van der Waals surface area contributed by atoms with Gasteiger partial charge in [0, 0.05) is 23.4 Å². The molecule has 46 heavy (non-hydrogen) atoms. The first-order valence-electron chi connectivity index (χ1n) is 14.5. The van der Waals surface area contributed by atoms with Crippen LogP contribution in [0, 0.1) is 12.8 Å². The van der Waals surface area contributed by atoms with Crippen LogP contribution in [0.25, 0.3) is 0 Å². The predicted octanol–water partition coefficient (Wildman–Crippen LogP) is 5.19. The number of fused-ring (bicyclic) bond motifs is 1. The highest BCUT2D eigenvalue weighted by Gasteiger charge is 2.54. The number of amides is 1. The molecule has 2 aliphatic rings. The third kappa shape index (κ3) is 8.56. The maximum absolute atomic E-state index is 13.6. The van der Waals surface area contributed by atoms with E-state index in [1.807, 2.05) is 0 Å². The molecule has 0 spiro atoms. The first-order valence-corrected chi connectivity index (χ1v) is 16.9. The van der Waals surface area contributed by atoms with Gasteiger partial charge < -0.3 is 19.0 Å². The summed E-state index contributed by atoms with van der Waals surface area (Å²) < 4.78 is 16.1. The average Bonchev–Trinajstić information content (AvgIpc) is 3.45. The molecular formula is C32H36ClN3O8S2. The molecule has 1 amide bonds. The first kappa shape index (κ1) is 35.2. The normalized spacial score (nSPS) is 19.0. The number of methoxy groups -OCH3 is 1. The van der Waals surface area contributed by atoms with Gasteiger partial charge in [0.2, 0.25) is 12.0 Å². The number of benzene rings is 1. The van der Waals surface area contributed by atoms with Crippen molar-refractivity contribution in [2.75, 3.05) is 18.7 Å². The summed E-state index contributed by atoms with van der Waals surface area (Å²) in [5, 5.41) is 5.90. The lowest BCUT2D eigenvalue weighted by molar-refractivity contribution is -0.167. The fourth-order valence-electron chi connectivity index (χ4n) is 4.59. The summed E-state index contributed by atoms with van der Waals surface area (Å²) in [4.78, 5) is 64.2. The second-order valence-corrected chi connectivity index (χ2v) is 13.9. The van der Waals surface area contributed by atoms with E-state index < -0.39 is 46.6 Å². The van der Waals surface area contributed by atoms with Gasteiger partial charge >= 0.3 is 11.9 Å². The van der Waals surface area contributed by atoms with Crippen molar-refractivity contribution in [2.24, 2.45) is 11.1 Å². The van der Waals surface area contributed by atoms with Crippen molar-refractivity contribution in [1.82, 2.24) is 9.88 Å². The largest absolute Gasteiger partial charge is 0.497 e. The van der Waals surface area contributed by atoms with Crippen LogP contribution in [-0.4, -0.2) is 75.0 Å². The number of aryl methyl sites for hydroxylation is 1. The molecule has 1 aromatic heterocycles. The molecule has 1 aromatic carbocycles. The van der Waals surface area contributed by atoms with Crippen molar-refractivity contribution in [3.63, 3.8) is 0 Å². The Bertz CT molecular complexity index is 1560. The van der Waals surface area contributed by atoms with Gasteiger partial charge in [0.15, 0.2) is 11.5 Å². The minimum Gasteiger partial charge on any atom is -0.497 e. The van der Waals surface area contributed by atoms with Crippen molar-refractivity contribution in [3.05, 3.63) is 69.3 Å². The summed E-state index contributed by atoms with van der Waals surface area (Å²) in [7, 11) is 1.56. The summed E-state index contributed by atoms with van der Waals surface area (Å²) in [5.41, 5.74) is 0.925. The fourth-order valence-corrected chi connectivity index (χ4v) is 6.66. The van der Waals surface area contributed by atoms with Crippen LogP contribution in [0.4, 0.5) is 0 Å². The van der Waals surface area contributed by atoms with Gasteiger partial charge in [-0.1, -0.05) is 29.4 Å². The standard InChI is InChI=1S/C32H36ClN3O8S2/c1-18(30(39)43-32(3,4)5)44-35-26(24-17-45-19(2)34-24)25(37)14-23-28(38)36-27(21(8-7-13-33)16-46-29(23)36)31(40)42-15-20-9-11-22(41-6)12-10-20/h7-12,17-18,23,29H,13-16H2,1-6H3/b8-7?,35-26-/t18-,23+,29?/m0/s1. The van der Waals surface area contributed by atoms with Crippen LogP contribution in [0.15, 0.2) is 58.2 Å². The average molecular weight is 690 g/mol. The van der Waals surface area contributed by atoms with Crippen LogP contribution in [0.1, 0.15) is 50.4 Å². The van der Waals surface area contributed by atoms with Crippen LogP contribution in [0.2, 0.25) is 0 Å². The Balaban J connectivity index is 1.51. The predicted molar refractivity (Wildman–Crippen MR) is 176 cm³/mol. The summed E-state index contributed by atoms with van der Waals surface area (Å²) in [6.07, 6.45) is 2.11. The topological polar surface area (TPSA) is 134 Å². The molecule has 0 aliphatic carbocycles. The molecule has 11 nitrogen and oxygen atoms in total. The van der Waals surface area contributed by atoms with Gasteiger partial charge in [-0.15, -0.1) is 34.7 Å². The quantitative estimate of drug-likeness (QED) is 0.0909. The summed E-state index contributed by atoms with van der Waals surface area (Å²) in [5.74, 6) is -1.60. The second kappa shape index (κ2) is 15.3. The number of carbonyl (C=O) groups is 4. The Morgan fingerprint density at radius 2 is 1.93 bits per heavy atom. The highest BCUT2D eigenvalue weighted by Crippen LogP contribution is 2.46. The Hall–Kier alpha value is -3.68. The monoisotopic (exact) mass is 689 g/mol. The Morgan fingerprint density at radius 1 is 1.22 bits per heavy atom. The van der Waals surface area contributed by atoms with E-state index in [9.17, 15) is 19.2 Å². The second-order valence-electron chi connectivity index (χ2n) is 11.5. The molecule has 3 atom stereocenters. The van der Waals surface area contributed by atoms with E-state index in [2.05, 4.69) is 10.1 Å². The lowest BCUT2D eigenvalue weighted by Crippen LogP contribution is -2.62. The maximum atomic E-state index is 13.6. The van der Waals surface area contributed by atoms with Crippen molar-refractivity contribution < 1.29 is 38.2 Å². The number of nitrogens with zero attached hydrogens (tertiary/aromatic N) is 3. The van der Waals surface area contributed by atoms with Gasteiger partial charge in [0.1, 0.15) is 29.3 Å². The number of rotatable bonds is 13. The van der Waals surface area contributed by atoms with Crippen LogP contribution in [-0.2, 0) is 40.1 Å². The number of hydrogen-bond acceptors (Lipinski definition) is 12. The highest BCUT2D eigenvalue weighted by molar-refractivity contribution is 8.00.